The molecule has 1 aliphatic rings. The highest BCUT2D eigenvalue weighted by Crippen LogP contribution is 2.52. The van der Waals surface area contributed by atoms with Gasteiger partial charge < -0.3 is 4.57 Å². The molecule has 2 heterocycles. The SMILES string of the molecule is CP1(=O)c2ccccc2-c2cccc(-c3cc(-c4ccc(-c5cc(-c6ccccc6)nc(-c6ccccc6)n5)cc4)c4ccccc4c3)c21. The fourth-order valence-corrected chi connectivity index (χ4v) is 9.83. The molecular formula is C45H31N2OP. The molecule has 1 atom stereocenters. The van der Waals surface area contributed by atoms with Crippen LogP contribution in [0.2, 0.25) is 0 Å². The van der Waals surface area contributed by atoms with Crippen LogP contribution in [0.1, 0.15) is 0 Å². The van der Waals surface area contributed by atoms with Crippen molar-refractivity contribution in [2.75, 3.05) is 6.66 Å². The van der Waals surface area contributed by atoms with Crippen LogP contribution in [0.4, 0.5) is 0 Å². The van der Waals surface area contributed by atoms with Crippen molar-refractivity contribution in [3.63, 3.8) is 0 Å². The van der Waals surface area contributed by atoms with Gasteiger partial charge in [-0.2, -0.15) is 0 Å². The molecule has 0 N–H and O–H groups in total. The Morgan fingerprint density at radius 1 is 0.429 bits per heavy atom. The van der Waals surface area contributed by atoms with Crippen molar-refractivity contribution in [2.24, 2.45) is 0 Å². The highest BCUT2D eigenvalue weighted by atomic mass is 31.2. The summed E-state index contributed by atoms with van der Waals surface area (Å²) < 4.78 is 14.5. The van der Waals surface area contributed by atoms with Crippen LogP contribution >= 0.6 is 7.14 Å². The van der Waals surface area contributed by atoms with Gasteiger partial charge >= 0.3 is 0 Å². The Labute approximate surface area is 286 Å². The number of hydrogen-bond acceptors (Lipinski definition) is 3. The smallest absolute Gasteiger partial charge is 0.160 e. The van der Waals surface area contributed by atoms with E-state index >= 15 is 0 Å². The van der Waals surface area contributed by atoms with Gasteiger partial charge in [-0.05, 0) is 69.0 Å². The summed E-state index contributed by atoms with van der Waals surface area (Å²) in [5.41, 5.74) is 11.3. The van der Waals surface area contributed by atoms with Crippen molar-refractivity contribution in [1.29, 1.82) is 0 Å². The highest BCUT2D eigenvalue weighted by Gasteiger charge is 2.36. The van der Waals surface area contributed by atoms with Gasteiger partial charge in [-0.1, -0.05) is 152 Å². The maximum Gasteiger partial charge on any atom is 0.160 e. The van der Waals surface area contributed by atoms with E-state index in [4.69, 9.17) is 9.97 Å². The second-order valence-electron chi connectivity index (χ2n) is 12.7. The summed E-state index contributed by atoms with van der Waals surface area (Å²) in [4.78, 5) is 9.99. The van der Waals surface area contributed by atoms with Crippen LogP contribution in [-0.4, -0.2) is 16.6 Å². The lowest BCUT2D eigenvalue weighted by Gasteiger charge is -2.17. The first kappa shape index (κ1) is 29.3. The van der Waals surface area contributed by atoms with Gasteiger partial charge in [0.1, 0.15) is 7.14 Å². The molecule has 0 saturated heterocycles. The van der Waals surface area contributed by atoms with Crippen molar-refractivity contribution in [3.8, 4) is 67.3 Å². The van der Waals surface area contributed by atoms with Gasteiger partial charge in [-0.25, -0.2) is 9.97 Å². The van der Waals surface area contributed by atoms with Gasteiger partial charge in [0.25, 0.3) is 0 Å². The molecule has 0 fully saturated rings. The average molecular weight is 647 g/mol. The zero-order valence-electron chi connectivity index (χ0n) is 26.9. The minimum Gasteiger partial charge on any atom is -0.314 e. The molecule has 3 nitrogen and oxygen atoms in total. The highest BCUT2D eigenvalue weighted by molar-refractivity contribution is 7.79. The number of nitrogens with zero attached hydrogens (tertiary/aromatic N) is 2. The van der Waals surface area contributed by atoms with Crippen LogP contribution in [-0.2, 0) is 4.57 Å². The van der Waals surface area contributed by atoms with E-state index in [-0.39, 0.29) is 0 Å². The first-order chi connectivity index (χ1) is 24.0. The molecule has 7 aromatic carbocycles. The van der Waals surface area contributed by atoms with E-state index in [1.54, 1.807) is 0 Å². The van der Waals surface area contributed by atoms with E-state index < -0.39 is 7.14 Å². The zero-order chi connectivity index (χ0) is 33.0. The molecule has 0 saturated carbocycles. The second kappa shape index (κ2) is 11.7. The van der Waals surface area contributed by atoms with Crippen LogP contribution in [0.25, 0.3) is 78.1 Å². The van der Waals surface area contributed by atoms with E-state index in [1.807, 2.05) is 73.4 Å². The summed E-state index contributed by atoms with van der Waals surface area (Å²) in [6, 6.07) is 58.6. The summed E-state index contributed by atoms with van der Waals surface area (Å²) in [6.45, 7) is 1.92. The third-order valence-electron chi connectivity index (χ3n) is 9.61. The molecule has 0 bridgehead atoms. The van der Waals surface area contributed by atoms with Gasteiger partial charge in [0, 0.05) is 27.3 Å². The Bertz CT molecular complexity index is 2520. The van der Waals surface area contributed by atoms with Crippen LogP contribution in [0.5, 0.6) is 0 Å². The van der Waals surface area contributed by atoms with Crippen molar-refractivity contribution < 1.29 is 4.57 Å². The molecule has 49 heavy (non-hydrogen) atoms. The molecule has 0 radical (unpaired) electrons. The molecule has 1 aromatic heterocycles. The van der Waals surface area contributed by atoms with Crippen molar-refractivity contribution >= 4 is 28.5 Å². The van der Waals surface area contributed by atoms with Crippen molar-refractivity contribution in [3.05, 3.63) is 170 Å². The normalized spacial score (nSPS) is 14.8. The first-order valence-corrected chi connectivity index (χ1v) is 18.6. The first-order valence-electron chi connectivity index (χ1n) is 16.5. The molecule has 1 unspecified atom stereocenters. The monoisotopic (exact) mass is 646 g/mol. The molecule has 232 valence electrons. The van der Waals surface area contributed by atoms with E-state index in [0.717, 1.165) is 77.5 Å². The Hall–Kier alpha value is -5.89. The van der Waals surface area contributed by atoms with Crippen LogP contribution in [0, 0.1) is 0 Å². The van der Waals surface area contributed by atoms with Crippen molar-refractivity contribution in [2.45, 2.75) is 0 Å². The average Bonchev–Trinajstić information content (AvgIpc) is 3.41. The molecule has 9 rings (SSSR count). The van der Waals surface area contributed by atoms with E-state index in [0.29, 0.717) is 5.82 Å². The van der Waals surface area contributed by atoms with E-state index in [1.165, 1.54) is 5.39 Å². The predicted octanol–water partition coefficient (Wildman–Crippen LogP) is 10.9. The molecule has 0 amide bonds. The summed E-state index contributed by atoms with van der Waals surface area (Å²) in [5, 5.41) is 4.23. The lowest BCUT2D eigenvalue weighted by molar-refractivity contribution is 0.591. The molecule has 0 aliphatic carbocycles. The lowest BCUT2D eigenvalue weighted by atomic mass is 9.91. The quantitative estimate of drug-likeness (QED) is 0.175. The van der Waals surface area contributed by atoms with E-state index in [2.05, 4.69) is 103 Å². The Morgan fingerprint density at radius 3 is 1.76 bits per heavy atom. The standard InChI is InChI=1S/C45H31N2OP/c1-49(48)43-22-11-10-19-38(43)39-21-12-20-37(44(39)49)35-27-34-17-8-9-18-36(34)40(28-35)30-23-25-32(26-24-30)42-29-41(31-13-4-2-5-14-31)46-45(47-42)33-15-6-3-7-16-33/h2-29H,1H3. The molecular weight excluding hydrogens is 615 g/mol. The Morgan fingerprint density at radius 2 is 1.00 bits per heavy atom. The predicted molar refractivity (Wildman–Crippen MR) is 205 cm³/mol. The van der Waals surface area contributed by atoms with Crippen LogP contribution in [0.15, 0.2) is 170 Å². The lowest BCUT2D eigenvalue weighted by Crippen LogP contribution is -2.11. The number of hydrogen-bond donors (Lipinski definition) is 0. The van der Waals surface area contributed by atoms with Gasteiger partial charge in [-0.3, -0.25) is 0 Å². The summed E-state index contributed by atoms with van der Waals surface area (Å²) in [5.74, 6) is 0.700. The third kappa shape index (κ3) is 5.03. The molecule has 4 heteroatoms. The van der Waals surface area contributed by atoms with Gasteiger partial charge in [-0.15, -0.1) is 0 Å². The largest absolute Gasteiger partial charge is 0.314 e. The minimum atomic E-state index is -2.78. The molecule has 0 spiro atoms. The summed E-state index contributed by atoms with van der Waals surface area (Å²) in [6.07, 6.45) is 0. The number of benzene rings is 7. The summed E-state index contributed by atoms with van der Waals surface area (Å²) >= 11 is 0. The maximum atomic E-state index is 14.5. The fraction of sp³-hybridized carbons (Fsp3) is 0.0222. The number of fused-ring (bicyclic) bond motifs is 4. The van der Waals surface area contributed by atoms with Crippen LogP contribution < -0.4 is 10.6 Å². The molecule has 1 aliphatic heterocycles. The number of rotatable bonds is 5. The second-order valence-corrected chi connectivity index (χ2v) is 15.4. The fourth-order valence-electron chi connectivity index (χ4n) is 7.24. The third-order valence-corrected chi connectivity index (χ3v) is 12.3. The van der Waals surface area contributed by atoms with E-state index in [9.17, 15) is 4.57 Å². The maximum absolute atomic E-state index is 14.5. The van der Waals surface area contributed by atoms with Gasteiger partial charge in [0.2, 0.25) is 0 Å². The zero-order valence-corrected chi connectivity index (χ0v) is 27.8. The Kier molecular flexibility index (Phi) is 6.97. The Balaban J connectivity index is 1.17. The summed E-state index contributed by atoms with van der Waals surface area (Å²) in [7, 11) is -2.78. The van der Waals surface area contributed by atoms with Gasteiger partial charge in [0.15, 0.2) is 5.82 Å². The van der Waals surface area contributed by atoms with Crippen LogP contribution in [0.3, 0.4) is 0 Å². The number of aromatic nitrogens is 2. The van der Waals surface area contributed by atoms with Gasteiger partial charge in [0.05, 0.1) is 11.4 Å². The molecule has 8 aromatic rings. The minimum absolute atomic E-state index is 0.700. The topological polar surface area (TPSA) is 42.9 Å². The van der Waals surface area contributed by atoms with Crippen molar-refractivity contribution in [1.82, 2.24) is 9.97 Å².